The summed E-state index contributed by atoms with van der Waals surface area (Å²) in [6, 6.07) is 3.95. The average molecular weight is 467 g/mol. The lowest BCUT2D eigenvalue weighted by molar-refractivity contribution is 0.189. The topological polar surface area (TPSA) is 78.8 Å². The Morgan fingerprint density at radius 1 is 1.07 bits per heavy atom. The van der Waals surface area contributed by atoms with Crippen LogP contribution in [0.5, 0.6) is 17.5 Å². The molecule has 1 aromatic carbocycles. The number of allylic oxidation sites excluding steroid dienone is 1. The minimum absolute atomic E-state index is 0.175. The van der Waals surface area contributed by atoms with Gasteiger partial charge in [-0.3, -0.25) is 0 Å². The lowest BCUT2D eigenvalue weighted by atomic mass is 10.1. The smallest absolute Gasteiger partial charge is 0.327 e. The van der Waals surface area contributed by atoms with Crippen molar-refractivity contribution in [3.63, 3.8) is 0 Å². The summed E-state index contributed by atoms with van der Waals surface area (Å²) in [5, 5.41) is 0. The zero-order valence-corrected chi connectivity index (χ0v) is 19.1. The quantitative estimate of drug-likeness (QED) is 0.493. The Morgan fingerprint density at radius 3 is 2.28 bits per heavy atom. The Bertz CT molecular complexity index is 839. The van der Waals surface area contributed by atoms with E-state index in [1.54, 1.807) is 28.3 Å². The van der Waals surface area contributed by atoms with Gasteiger partial charge in [-0.05, 0) is 47.5 Å². The van der Waals surface area contributed by atoms with Crippen molar-refractivity contribution >= 4 is 27.5 Å². The van der Waals surface area contributed by atoms with E-state index >= 15 is 0 Å². The SMILES string of the molecule is C=C(C)c1cc(Br)c(Oc2nc(C)nc(N(CCOC)CCOC)n2)c(OC)c1. The summed E-state index contributed by atoms with van der Waals surface area (Å²) in [6.45, 7) is 9.99. The molecule has 0 aliphatic heterocycles. The first-order chi connectivity index (χ1) is 13.9. The summed E-state index contributed by atoms with van der Waals surface area (Å²) in [5.74, 6) is 2.07. The van der Waals surface area contributed by atoms with Gasteiger partial charge in [0.15, 0.2) is 11.5 Å². The molecule has 8 nitrogen and oxygen atoms in total. The van der Waals surface area contributed by atoms with E-state index in [2.05, 4.69) is 37.5 Å². The lowest BCUT2D eigenvalue weighted by Gasteiger charge is -2.22. The minimum Gasteiger partial charge on any atom is -0.493 e. The van der Waals surface area contributed by atoms with Crippen molar-refractivity contribution in [2.75, 3.05) is 52.5 Å². The molecular formula is C20H27BrN4O4. The number of nitrogens with zero attached hydrogens (tertiary/aromatic N) is 4. The number of methoxy groups -OCH3 is 3. The second-order valence-corrected chi connectivity index (χ2v) is 7.16. The first kappa shape index (κ1) is 23.1. The van der Waals surface area contributed by atoms with Crippen molar-refractivity contribution in [1.82, 2.24) is 15.0 Å². The minimum atomic E-state index is 0.175. The third kappa shape index (κ3) is 6.38. The number of benzene rings is 1. The Labute approximate surface area is 180 Å². The highest BCUT2D eigenvalue weighted by molar-refractivity contribution is 9.10. The van der Waals surface area contributed by atoms with E-state index in [0.717, 1.165) is 11.1 Å². The van der Waals surface area contributed by atoms with Crippen LogP contribution in [0.4, 0.5) is 5.95 Å². The molecule has 29 heavy (non-hydrogen) atoms. The lowest BCUT2D eigenvalue weighted by Crippen LogP contribution is -2.32. The monoisotopic (exact) mass is 466 g/mol. The number of aryl methyl sites for hydroxylation is 1. The molecule has 0 saturated heterocycles. The molecule has 2 aromatic rings. The Kier molecular flexibility index (Phi) is 8.81. The van der Waals surface area contributed by atoms with Crippen molar-refractivity contribution in [2.45, 2.75) is 13.8 Å². The standard InChI is InChI=1S/C20H27BrN4O4/c1-13(2)15-11-16(21)18(17(12-15)28-6)29-20-23-14(3)22-19(24-20)25(7-9-26-4)8-10-27-5/h11-12H,1,7-10H2,2-6H3. The zero-order valence-electron chi connectivity index (χ0n) is 17.5. The largest absolute Gasteiger partial charge is 0.493 e. The van der Waals surface area contributed by atoms with Gasteiger partial charge in [0, 0.05) is 27.3 Å². The van der Waals surface area contributed by atoms with Crippen molar-refractivity contribution in [3.8, 4) is 17.5 Å². The highest BCUT2D eigenvalue weighted by Gasteiger charge is 2.18. The molecule has 0 fully saturated rings. The Morgan fingerprint density at radius 2 is 1.72 bits per heavy atom. The number of aromatic nitrogens is 3. The molecule has 1 aromatic heterocycles. The van der Waals surface area contributed by atoms with Crippen LogP contribution in [0.15, 0.2) is 23.2 Å². The Balaban J connectivity index is 2.37. The van der Waals surface area contributed by atoms with Crippen LogP contribution in [0.1, 0.15) is 18.3 Å². The van der Waals surface area contributed by atoms with Gasteiger partial charge >= 0.3 is 6.01 Å². The van der Waals surface area contributed by atoms with Crippen LogP contribution in [-0.4, -0.2) is 62.6 Å². The van der Waals surface area contributed by atoms with Crippen LogP contribution in [0.2, 0.25) is 0 Å². The summed E-state index contributed by atoms with van der Waals surface area (Å²) >= 11 is 3.54. The zero-order chi connectivity index (χ0) is 21.4. The van der Waals surface area contributed by atoms with Gasteiger partial charge in [0.2, 0.25) is 5.95 Å². The maximum absolute atomic E-state index is 5.99. The molecule has 0 unspecified atom stereocenters. The molecule has 9 heteroatoms. The highest BCUT2D eigenvalue weighted by Crippen LogP contribution is 2.40. The van der Waals surface area contributed by atoms with Crippen LogP contribution in [0.3, 0.4) is 0 Å². The summed E-state index contributed by atoms with van der Waals surface area (Å²) in [7, 11) is 4.89. The van der Waals surface area contributed by atoms with E-state index < -0.39 is 0 Å². The third-order valence-corrected chi connectivity index (χ3v) is 4.63. The summed E-state index contributed by atoms with van der Waals surface area (Å²) in [4.78, 5) is 15.2. The highest BCUT2D eigenvalue weighted by atomic mass is 79.9. The average Bonchev–Trinajstić information content (AvgIpc) is 2.68. The molecule has 0 saturated carbocycles. The van der Waals surface area contributed by atoms with Crippen LogP contribution >= 0.6 is 15.9 Å². The molecule has 0 atom stereocenters. The number of hydrogen-bond donors (Lipinski definition) is 0. The van der Waals surface area contributed by atoms with E-state index in [4.69, 9.17) is 18.9 Å². The van der Waals surface area contributed by atoms with Crippen LogP contribution in [0, 0.1) is 6.92 Å². The molecule has 158 valence electrons. The van der Waals surface area contributed by atoms with Crippen LogP contribution < -0.4 is 14.4 Å². The van der Waals surface area contributed by atoms with Gasteiger partial charge in [0.25, 0.3) is 0 Å². The van der Waals surface area contributed by atoms with Crippen molar-refractivity contribution in [3.05, 3.63) is 34.6 Å². The van der Waals surface area contributed by atoms with E-state index in [1.165, 1.54) is 0 Å². The predicted molar refractivity (Wildman–Crippen MR) is 116 cm³/mol. The number of rotatable bonds is 11. The maximum Gasteiger partial charge on any atom is 0.327 e. The van der Waals surface area contributed by atoms with Gasteiger partial charge in [0.05, 0.1) is 24.8 Å². The van der Waals surface area contributed by atoms with E-state index in [9.17, 15) is 0 Å². The van der Waals surface area contributed by atoms with Gasteiger partial charge in [-0.25, -0.2) is 0 Å². The van der Waals surface area contributed by atoms with E-state index in [1.807, 2.05) is 24.0 Å². The second-order valence-electron chi connectivity index (χ2n) is 6.31. The van der Waals surface area contributed by atoms with Crippen LogP contribution in [0.25, 0.3) is 5.57 Å². The van der Waals surface area contributed by atoms with Crippen LogP contribution in [-0.2, 0) is 9.47 Å². The molecule has 1 heterocycles. The molecular weight excluding hydrogens is 440 g/mol. The first-order valence-corrected chi connectivity index (χ1v) is 9.85. The van der Waals surface area contributed by atoms with Crippen molar-refractivity contribution in [1.29, 1.82) is 0 Å². The summed E-state index contributed by atoms with van der Waals surface area (Å²) in [6.07, 6.45) is 0. The summed E-state index contributed by atoms with van der Waals surface area (Å²) in [5.41, 5.74) is 1.86. The Hall–Kier alpha value is -2.23. The molecule has 0 radical (unpaired) electrons. The fourth-order valence-corrected chi connectivity index (χ4v) is 3.03. The molecule has 0 bridgehead atoms. The number of halogens is 1. The number of hydrogen-bond acceptors (Lipinski definition) is 8. The first-order valence-electron chi connectivity index (χ1n) is 9.06. The molecule has 0 aliphatic carbocycles. The maximum atomic E-state index is 5.99. The van der Waals surface area contributed by atoms with E-state index in [-0.39, 0.29) is 6.01 Å². The van der Waals surface area contributed by atoms with E-state index in [0.29, 0.717) is 54.0 Å². The molecule has 2 rings (SSSR count). The molecule has 0 spiro atoms. The fraction of sp³-hybridized carbons (Fsp3) is 0.450. The van der Waals surface area contributed by atoms with Gasteiger partial charge < -0.3 is 23.8 Å². The third-order valence-electron chi connectivity index (χ3n) is 4.04. The normalized spacial score (nSPS) is 10.7. The molecule has 0 aliphatic rings. The predicted octanol–water partition coefficient (Wildman–Crippen LogP) is 3.88. The number of ether oxygens (including phenoxy) is 4. The van der Waals surface area contributed by atoms with Gasteiger partial charge in [0.1, 0.15) is 5.82 Å². The van der Waals surface area contributed by atoms with Gasteiger partial charge in [-0.1, -0.05) is 12.2 Å². The number of anilines is 1. The molecule has 0 amide bonds. The molecule has 0 N–H and O–H groups in total. The van der Waals surface area contributed by atoms with Gasteiger partial charge in [-0.15, -0.1) is 0 Å². The second kappa shape index (κ2) is 11.1. The van der Waals surface area contributed by atoms with Gasteiger partial charge in [-0.2, -0.15) is 15.0 Å². The summed E-state index contributed by atoms with van der Waals surface area (Å²) < 4.78 is 22.6. The fourth-order valence-electron chi connectivity index (χ4n) is 2.50. The van der Waals surface area contributed by atoms with Crippen molar-refractivity contribution < 1.29 is 18.9 Å². The van der Waals surface area contributed by atoms with Crippen molar-refractivity contribution in [2.24, 2.45) is 0 Å².